The van der Waals surface area contributed by atoms with E-state index in [1.54, 1.807) is 0 Å². The van der Waals surface area contributed by atoms with Crippen molar-refractivity contribution >= 4 is 18.4 Å². The third kappa shape index (κ3) is 3.25. The summed E-state index contributed by atoms with van der Waals surface area (Å²) >= 11 is 0. The third-order valence-corrected chi connectivity index (χ3v) is 3.52. The van der Waals surface area contributed by atoms with Crippen LogP contribution in [0.1, 0.15) is 1.43 Å². The summed E-state index contributed by atoms with van der Waals surface area (Å²) in [7, 11) is -1.42. The van der Waals surface area contributed by atoms with E-state index in [-0.39, 0.29) is 31.0 Å². The summed E-state index contributed by atoms with van der Waals surface area (Å²) in [6, 6.07) is 19.1. The van der Waals surface area contributed by atoms with E-state index in [1.807, 2.05) is 60.7 Å². The van der Waals surface area contributed by atoms with Gasteiger partial charge < -0.3 is 1.43 Å². The Hall–Kier alpha value is -0.460. The molecule has 0 aromatic heterocycles. The molecule has 0 aliphatic heterocycles. The van der Waals surface area contributed by atoms with Gasteiger partial charge >= 0.3 is 37.4 Å². The summed E-state index contributed by atoms with van der Waals surface area (Å²) in [5.74, 6) is 0. The molecule has 1 nitrogen and oxygen atoms in total. The predicted octanol–water partition coefficient (Wildman–Crippen LogP) is -0.419. The SMILES string of the molecule is O=[P+](c1ccccc1)c1ccccc1.[H-].[Na+]. The maximum absolute atomic E-state index is 12.0. The number of hydrogen-bond donors (Lipinski definition) is 0. The fraction of sp³-hybridized carbons (Fsp3) is 0. The molecular formula is C12H11NaOP+. The average Bonchev–Trinajstić information content (AvgIpc) is 2.30. The van der Waals surface area contributed by atoms with Gasteiger partial charge in [0.25, 0.3) is 0 Å². The van der Waals surface area contributed by atoms with Crippen LogP contribution < -0.4 is 40.2 Å². The van der Waals surface area contributed by atoms with Gasteiger partial charge in [0, 0.05) is 0 Å². The molecule has 3 heteroatoms. The minimum absolute atomic E-state index is 0. The van der Waals surface area contributed by atoms with E-state index in [2.05, 4.69) is 0 Å². The summed E-state index contributed by atoms with van der Waals surface area (Å²) in [6.45, 7) is 0. The van der Waals surface area contributed by atoms with Gasteiger partial charge in [-0.1, -0.05) is 41.0 Å². The van der Waals surface area contributed by atoms with Crippen molar-refractivity contribution in [2.24, 2.45) is 0 Å². The van der Waals surface area contributed by atoms with E-state index in [9.17, 15) is 4.57 Å². The zero-order valence-corrected chi connectivity index (χ0v) is 11.5. The van der Waals surface area contributed by atoms with Crippen molar-refractivity contribution in [2.75, 3.05) is 0 Å². The first-order valence-electron chi connectivity index (χ1n) is 4.45. The molecule has 2 aromatic rings. The Bertz CT molecular complexity index is 392. The summed E-state index contributed by atoms with van der Waals surface area (Å²) in [5, 5.41) is 1.77. The molecule has 0 spiro atoms. The zero-order chi connectivity index (χ0) is 9.80. The first-order chi connectivity index (χ1) is 6.88. The molecule has 0 heterocycles. The molecule has 0 aliphatic rings. The Kier molecular flexibility index (Phi) is 5.21. The van der Waals surface area contributed by atoms with Crippen LogP contribution in [0.25, 0.3) is 0 Å². The van der Waals surface area contributed by atoms with Crippen LogP contribution in [0.4, 0.5) is 0 Å². The molecule has 0 fully saturated rings. The van der Waals surface area contributed by atoms with Gasteiger partial charge in [0.05, 0.1) is 0 Å². The van der Waals surface area contributed by atoms with E-state index in [4.69, 9.17) is 0 Å². The summed E-state index contributed by atoms with van der Waals surface area (Å²) in [4.78, 5) is 0. The molecule has 0 bridgehead atoms. The largest absolute Gasteiger partial charge is 1.00 e. The second kappa shape index (κ2) is 6.19. The zero-order valence-electron chi connectivity index (χ0n) is 9.63. The fourth-order valence-corrected chi connectivity index (χ4v) is 2.46. The van der Waals surface area contributed by atoms with Crippen LogP contribution in [-0.4, -0.2) is 0 Å². The molecule has 0 saturated carbocycles. The van der Waals surface area contributed by atoms with E-state index < -0.39 is 7.80 Å². The summed E-state index contributed by atoms with van der Waals surface area (Å²) < 4.78 is 12.0. The van der Waals surface area contributed by atoms with Crippen LogP contribution in [-0.2, 0) is 4.57 Å². The molecular weight excluding hydrogens is 214 g/mol. The first kappa shape index (κ1) is 12.6. The van der Waals surface area contributed by atoms with Crippen molar-refractivity contribution in [1.82, 2.24) is 0 Å². The Labute approximate surface area is 114 Å². The standard InChI is InChI=1S/C12H10OP.Na.H/c13-14(11-7-3-1-4-8-11)12-9-5-2-6-10-12;;/h1-10H;;/q2*+1;-1. The van der Waals surface area contributed by atoms with Gasteiger partial charge in [-0.25, -0.2) is 0 Å². The van der Waals surface area contributed by atoms with E-state index in [1.165, 1.54) is 0 Å². The molecule has 0 N–H and O–H groups in total. The van der Waals surface area contributed by atoms with Crippen molar-refractivity contribution in [3.63, 3.8) is 0 Å². The Morgan fingerprint density at radius 2 is 1.07 bits per heavy atom. The molecule has 0 unspecified atom stereocenters. The van der Waals surface area contributed by atoms with Crippen molar-refractivity contribution < 1.29 is 35.5 Å². The maximum atomic E-state index is 12.0. The monoisotopic (exact) mass is 225 g/mol. The maximum Gasteiger partial charge on any atom is 1.00 e. The number of benzene rings is 2. The van der Waals surface area contributed by atoms with Gasteiger partial charge in [-0.15, -0.1) is 0 Å². The van der Waals surface area contributed by atoms with Crippen molar-refractivity contribution in [2.45, 2.75) is 0 Å². The third-order valence-electron chi connectivity index (χ3n) is 1.98. The van der Waals surface area contributed by atoms with Gasteiger partial charge in [0.15, 0.2) is 10.6 Å². The fourth-order valence-electron chi connectivity index (χ4n) is 1.28. The van der Waals surface area contributed by atoms with E-state index in [0.29, 0.717) is 0 Å². The van der Waals surface area contributed by atoms with Crippen LogP contribution in [0.15, 0.2) is 60.7 Å². The predicted molar refractivity (Wildman–Crippen MR) is 60.9 cm³/mol. The van der Waals surface area contributed by atoms with Crippen LogP contribution >= 0.6 is 7.80 Å². The molecule has 0 radical (unpaired) electrons. The molecule has 0 atom stereocenters. The van der Waals surface area contributed by atoms with E-state index in [0.717, 1.165) is 10.6 Å². The minimum Gasteiger partial charge on any atom is -1.00 e. The smallest absolute Gasteiger partial charge is 1.00 e. The minimum atomic E-state index is -1.42. The second-order valence-electron chi connectivity index (χ2n) is 2.97. The molecule has 70 valence electrons. The van der Waals surface area contributed by atoms with Crippen LogP contribution in [0.2, 0.25) is 0 Å². The summed E-state index contributed by atoms with van der Waals surface area (Å²) in [6.07, 6.45) is 0. The quantitative estimate of drug-likeness (QED) is 0.501. The van der Waals surface area contributed by atoms with Gasteiger partial charge in [-0.3, -0.25) is 0 Å². The second-order valence-corrected chi connectivity index (χ2v) is 4.59. The Balaban J connectivity index is 0.00000112. The Morgan fingerprint density at radius 3 is 1.40 bits per heavy atom. The molecule has 0 saturated heterocycles. The van der Waals surface area contributed by atoms with E-state index >= 15 is 0 Å². The summed E-state index contributed by atoms with van der Waals surface area (Å²) in [5.41, 5.74) is 0. The van der Waals surface area contributed by atoms with Gasteiger partial charge in [-0.2, -0.15) is 0 Å². The van der Waals surface area contributed by atoms with Crippen LogP contribution in [0.5, 0.6) is 0 Å². The normalized spacial score (nSPS) is 9.07. The molecule has 0 aliphatic carbocycles. The number of rotatable bonds is 2. The van der Waals surface area contributed by atoms with Gasteiger partial charge in [0.1, 0.15) is 0 Å². The van der Waals surface area contributed by atoms with Crippen molar-refractivity contribution in [3.8, 4) is 0 Å². The van der Waals surface area contributed by atoms with Crippen LogP contribution in [0, 0.1) is 0 Å². The topological polar surface area (TPSA) is 17.1 Å². The van der Waals surface area contributed by atoms with Gasteiger partial charge in [-0.05, 0) is 24.3 Å². The molecule has 2 rings (SSSR count). The van der Waals surface area contributed by atoms with Crippen LogP contribution in [0.3, 0.4) is 0 Å². The average molecular weight is 225 g/mol. The molecule has 15 heavy (non-hydrogen) atoms. The Morgan fingerprint density at radius 1 is 0.733 bits per heavy atom. The first-order valence-corrected chi connectivity index (χ1v) is 5.71. The number of hydrogen-bond acceptors (Lipinski definition) is 1. The van der Waals surface area contributed by atoms with Crippen molar-refractivity contribution in [3.05, 3.63) is 60.7 Å². The van der Waals surface area contributed by atoms with Gasteiger partial charge in [0.2, 0.25) is 0 Å². The molecule has 0 amide bonds. The molecule has 2 aromatic carbocycles. The van der Waals surface area contributed by atoms with Crippen molar-refractivity contribution in [1.29, 1.82) is 0 Å².